The molecule has 0 bridgehead atoms. The van der Waals surface area contributed by atoms with E-state index >= 15 is 0 Å². The molecule has 0 unspecified atom stereocenters. The van der Waals surface area contributed by atoms with Crippen molar-refractivity contribution in [3.8, 4) is 0 Å². The first-order valence-corrected chi connectivity index (χ1v) is 6.39. The van der Waals surface area contributed by atoms with E-state index in [1.54, 1.807) is 12.1 Å². The summed E-state index contributed by atoms with van der Waals surface area (Å²) < 4.78 is 5.15. The maximum atomic E-state index is 12.1. The number of pyridine rings is 1. The zero-order valence-electron chi connectivity index (χ0n) is 10.6. The number of carbonyl (C=O) groups excluding carboxylic acids is 1. The lowest BCUT2D eigenvalue weighted by Gasteiger charge is -2.30. The third-order valence-electron chi connectivity index (χ3n) is 3.33. The molecule has 0 saturated carbocycles. The zero-order valence-corrected chi connectivity index (χ0v) is 10.6. The predicted octanol–water partition coefficient (Wildman–Crippen LogP) is 1.06. The van der Waals surface area contributed by atoms with Gasteiger partial charge < -0.3 is 9.32 Å². The van der Waals surface area contributed by atoms with Gasteiger partial charge in [-0.25, -0.2) is 4.98 Å². The van der Waals surface area contributed by atoms with Crippen LogP contribution in [-0.2, 0) is 0 Å². The molecule has 0 atom stereocenters. The van der Waals surface area contributed by atoms with Crippen LogP contribution in [0.15, 0.2) is 47.2 Å². The number of rotatable bonds is 2. The van der Waals surface area contributed by atoms with Crippen molar-refractivity contribution in [2.45, 2.75) is 0 Å². The van der Waals surface area contributed by atoms with E-state index < -0.39 is 0 Å². The van der Waals surface area contributed by atoms with Crippen molar-refractivity contribution >= 4 is 11.7 Å². The molecule has 5 heteroatoms. The Hall–Kier alpha value is -2.30. The summed E-state index contributed by atoms with van der Waals surface area (Å²) in [5.74, 6) is 1.48. The van der Waals surface area contributed by atoms with Gasteiger partial charge in [-0.2, -0.15) is 0 Å². The molecule has 19 heavy (non-hydrogen) atoms. The molecule has 1 fully saturated rings. The van der Waals surface area contributed by atoms with Crippen molar-refractivity contribution in [1.29, 1.82) is 0 Å². The average Bonchev–Trinajstić information content (AvgIpc) is 3.02. The van der Waals surface area contributed by atoms with Crippen molar-refractivity contribution in [3.05, 3.63) is 48.6 Å². The minimum atomic E-state index is -0.0262. The fourth-order valence-electron chi connectivity index (χ4n) is 2.29. The highest BCUT2D eigenvalue weighted by Gasteiger charge is 2.27. The van der Waals surface area contributed by atoms with E-state index in [9.17, 15) is 4.79 Å². The van der Waals surface area contributed by atoms with E-state index in [2.05, 4.69) is 9.88 Å². The number of amides is 1. The first kappa shape index (κ1) is 11.8. The predicted molar refractivity (Wildman–Crippen MR) is 69.8 cm³/mol. The molecule has 3 heterocycles. The summed E-state index contributed by atoms with van der Waals surface area (Å²) in [5.41, 5.74) is 0. The Kier molecular flexibility index (Phi) is 3.18. The number of hydrogen-bond acceptors (Lipinski definition) is 3. The van der Waals surface area contributed by atoms with Crippen molar-refractivity contribution in [3.63, 3.8) is 0 Å². The number of nitrogens with zero attached hydrogens (tertiary/aromatic N) is 2. The van der Waals surface area contributed by atoms with Crippen molar-refractivity contribution in [2.24, 2.45) is 0 Å². The van der Waals surface area contributed by atoms with Crippen LogP contribution in [0.2, 0.25) is 0 Å². The molecule has 1 aliphatic rings. The number of aromatic amines is 1. The first-order chi connectivity index (χ1) is 9.34. The van der Waals surface area contributed by atoms with E-state index in [0.717, 1.165) is 18.9 Å². The molecule has 0 radical (unpaired) electrons. The summed E-state index contributed by atoms with van der Waals surface area (Å²) in [6.07, 6.45) is 3.44. The number of aromatic nitrogens is 1. The summed E-state index contributed by atoms with van der Waals surface area (Å²) in [4.78, 5) is 19.4. The van der Waals surface area contributed by atoms with Gasteiger partial charge in [-0.3, -0.25) is 9.69 Å². The molecule has 1 N–H and O–H groups in total. The molecular formula is C14H16N3O2+. The van der Waals surface area contributed by atoms with Crippen LogP contribution in [0.5, 0.6) is 0 Å². The fourth-order valence-corrected chi connectivity index (χ4v) is 2.29. The highest BCUT2D eigenvalue weighted by atomic mass is 16.3. The lowest BCUT2D eigenvalue weighted by atomic mass is 10.2. The smallest absolute Gasteiger partial charge is 0.289 e. The maximum Gasteiger partial charge on any atom is 0.289 e. The first-order valence-electron chi connectivity index (χ1n) is 6.39. The second kappa shape index (κ2) is 5.14. The Morgan fingerprint density at radius 1 is 1.11 bits per heavy atom. The van der Waals surface area contributed by atoms with Crippen molar-refractivity contribution in [1.82, 2.24) is 4.90 Å². The molecule has 98 valence electrons. The van der Waals surface area contributed by atoms with Crippen LogP contribution in [0.3, 0.4) is 0 Å². The third-order valence-corrected chi connectivity index (χ3v) is 3.33. The van der Waals surface area contributed by atoms with Gasteiger partial charge in [0.25, 0.3) is 11.7 Å². The molecular weight excluding hydrogens is 242 g/mol. The number of piperazine rings is 1. The van der Waals surface area contributed by atoms with Gasteiger partial charge in [0.15, 0.2) is 5.76 Å². The van der Waals surface area contributed by atoms with E-state index in [-0.39, 0.29) is 5.91 Å². The SMILES string of the molecule is O=C(c1ccco1)N1CCN(c2cccc[nH+]2)CC1. The van der Waals surface area contributed by atoms with Crippen LogP contribution in [0.4, 0.5) is 5.82 Å². The maximum absolute atomic E-state index is 12.1. The molecule has 3 rings (SSSR count). The summed E-state index contributed by atoms with van der Waals surface area (Å²) in [5, 5.41) is 0. The minimum absolute atomic E-state index is 0.0262. The molecule has 5 nitrogen and oxygen atoms in total. The Morgan fingerprint density at radius 3 is 2.58 bits per heavy atom. The highest BCUT2D eigenvalue weighted by molar-refractivity contribution is 5.91. The quantitative estimate of drug-likeness (QED) is 0.809. The minimum Gasteiger partial charge on any atom is -0.459 e. The number of nitrogens with one attached hydrogen (secondary N) is 1. The van der Waals surface area contributed by atoms with Crippen LogP contribution in [0, 0.1) is 0 Å². The van der Waals surface area contributed by atoms with Gasteiger partial charge in [0.05, 0.1) is 25.5 Å². The highest BCUT2D eigenvalue weighted by Crippen LogP contribution is 2.12. The fraction of sp³-hybridized carbons (Fsp3) is 0.286. The molecule has 1 aliphatic heterocycles. The number of carbonyl (C=O) groups is 1. The Bertz CT molecular complexity index is 531. The zero-order chi connectivity index (χ0) is 13.1. The lowest BCUT2D eigenvalue weighted by molar-refractivity contribution is -0.364. The van der Waals surface area contributed by atoms with Gasteiger partial charge in [-0.05, 0) is 18.2 Å². The lowest BCUT2D eigenvalue weighted by Crippen LogP contribution is -2.49. The van der Waals surface area contributed by atoms with E-state index in [4.69, 9.17) is 4.42 Å². The van der Waals surface area contributed by atoms with Crippen LogP contribution in [0.25, 0.3) is 0 Å². The normalized spacial score (nSPS) is 15.6. The molecule has 0 aromatic carbocycles. The van der Waals surface area contributed by atoms with Gasteiger partial charge in [0.1, 0.15) is 13.1 Å². The van der Waals surface area contributed by atoms with Gasteiger partial charge in [0.2, 0.25) is 0 Å². The Morgan fingerprint density at radius 2 is 1.95 bits per heavy atom. The molecule has 0 aliphatic carbocycles. The number of anilines is 1. The van der Waals surface area contributed by atoms with Gasteiger partial charge in [-0.1, -0.05) is 6.07 Å². The number of furan rings is 1. The van der Waals surface area contributed by atoms with Crippen molar-refractivity contribution < 1.29 is 14.2 Å². The van der Waals surface area contributed by atoms with Gasteiger partial charge >= 0.3 is 0 Å². The van der Waals surface area contributed by atoms with Crippen LogP contribution in [-0.4, -0.2) is 37.0 Å². The molecule has 1 saturated heterocycles. The second-order valence-electron chi connectivity index (χ2n) is 4.50. The Labute approximate surface area is 111 Å². The van der Waals surface area contributed by atoms with E-state index in [1.807, 2.05) is 29.3 Å². The summed E-state index contributed by atoms with van der Waals surface area (Å²) in [6.45, 7) is 3.07. The van der Waals surface area contributed by atoms with Crippen LogP contribution >= 0.6 is 0 Å². The number of H-pyrrole nitrogens is 1. The monoisotopic (exact) mass is 258 g/mol. The van der Waals surface area contributed by atoms with Crippen LogP contribution < -0.4 is 9.88 Å². The van der Waals surface area contributed by atoms with E-state index in [1.165, 1.54) is 6.26 Å². The summed E-state index contributed by atoms with van der Waals surface area (Å²) in [6, 6.07) is 9.46. The molecule has 2 aromatic heterocycles. The molecule has 2 aromatic rings. The van der Waals surface area contributed by atoms with Crippen molar-refractivity contribution in [2.75, 3.05) is 31.1 Å². The summed E-state index contributed by atoms with van der Waals surface area (Å²) in [7, 11) is 0. The molecule has 0 spiro atoms. The average molecular weight is 258 g/mol. The van der Waals surface area contributed by atoms with Crippen LogP contribution in [0.1, 0.15) is 10.6 Å². The van der Waals surface area contributed by atoms with Gasteiger partial charge in [0, 0.05) is 6.07 Å². The topological polar surface area (TPSA) is 50.8 Å². The third kappa shape index (κ3) is 2.45. The van der Waals surface area contributed by atoms with E-state index in [0.29, 0.717) is 18.8 Å². The largest absolute Gasteiger partial charge is 0.459 e. The number of hydrogen-bond donors (Lipinski definition) is 0. The molecule has 1 amide bonds. The summed E-state index contributed by atoms with van der Waals surface area (Å²) >= 11 is 0. The van der Waals surface area contributed by atoms with Gasteiger partial charge in [-0.15, -0.1) is 0 Å². The standard InChI is InChI=1S/C14H15N3O2/c18-14(12-4-3-11-19-12)17-9-7-16(8-10-17)13-5-1-2-6-15-13/h1-6,11H,7-10H2/p+1. The second-order valence-corrected chi connectivity index (χ2v) is 4.50. The Balaban J connectivity index is 1.62.